The molecule has 0 aromatic rings. The first kappa shape index (κ1) is 11.5. The highest BCUT2D eigenvalue weighted by Crippen LogP contribution is 2.18. The van der Waals surface area contributed by atoms with Crippen LogP contribution in [0.5, 0.6) is 0 Å². The van der Waals surface area contributed by atoms with Crippen molar-refractivity contribution in [1.82, 2.24) is 10.2 Å². The number of rotatable bonds is 6. The van der Waals surface area contributed by atoms with Gasteiger partial charge in [0.2, 0.25) is 5.91 Å². The minimum absolute atomic E-state index is 0.244. The lowest BCUT2D eigenvalue weighted by atomic mass is 10.2. The minimum atomic E-state index is 0.244. The van der Waals surface area contributed by atoms with Gasteiger partial charge in [0.15, 0.2) is 0 Å². The van der Waals surface area contributed by atoms with Gasteiger partial charge in [-0.1, -0.05) is 6.92 Å². The molecule has 14 heavy (non-hydrogen) atoms. The molecule has 1 saturated carbocycles. The number of likely N-dealkylation sites (N-methyl/N-ethyl adjacent to an activating group) is 1. The summed E-state index contributed by atoms with van der Waals surface area (Å²) in [5.74, 6) is 0.244. The summed E-state index contributed by atoms with van der Waals surface area (Å²) in [5, 5.41) is 3.26. The lowest BCUT2D eigenvalue weighted by Gasteiger charge is -2.27. The third-order valence-electron chi connectivity index (χ3n) is 2.90. The highest BCUT2D eigenvalue weighted by Gasteiger charge is 2.23. The molecular formula is C11H22N2O. The molecule has 82 valence electrons. The Morgan fingerprint density at radius 2 is 2.14 bits per heavy atom. The molecule has 1 amide bonds. The first-order valence-corrected chi connectivity index (χ1v) is 5.71. The molecule has 0 radical (unpaired) electrons. The van der Waals surface area contributed by atoms with E-state index in [1.165, 1.54) is 12.8 Å². The molecule has 0 saturated heterocycles. The van der Waals surface area contributed by atoms with Gasteiger partial charge >= 0.3 is 0 Å². The zero-order chi connectivity index (χ0) is 10.6. The fourth-order valence-corrected chi connectivity index (χ4v) is 1.57. The van der Waals surface area contributed by atoms with Gasteiger partial charge in [0, 0.05) is 18.6 Å². The highest BCUT2D eigenvalue weighted by molar-refractivity contribution is 5.78. The molecule has 0 aromatic carbocycles. The molecule has 1 unspecified atom stereocenters. The Hall–Kier alpha value is -0.570. The van der Waals surface area contributed by atoms with Crippen LogP contribution in [0.25, 0.3) is 0 Å². The highest BCUT2D eigenvalue weighted by atomic mass is 16.2. The van der Waals surface area contributed by atoms with E-state index in [2.05, 4.69) is 19.2 Å². The summed E-state index contributed by atoms with van der Waals surface area (Å²) in [6, 6.07) is 0.989. The summed E-state index contributed by atoms with van der Waals surface area (Å²) in [4.78, 5) is 13.7. The van der Waals surface area contributed by atoms with Crippen molar-refractivity contribution in [2.24, 2.45) is 0 Å². The second-order valence-corrected chi connectivity index (χ2v) is 4.09. The summed E-state index contributed by atoms with van der Waals surface area (Å²) in [7, 11) is 0. The lowest BCUT2D eigenvalue weighted by Crippen LogP contribution is -2.43. The first-order chi connectivity index (χ1) is 6.69. The van der Waals surface area contributed by atoms with Gasteiger partial charge in [-0.3, -0.25) is 4.79 Å². The fraction of sp³-hybridized carbons (Fsp3) is 0.909. The van der Waals surface area contributed by atoms with Crippen molar-refractivity contribution in [3.05, 3.63) is 0 Å². The van der Waals surface area contributed by atoms with E-state index >= 15 is 0 Å². The van der Waals surface area contributed by atoms with Gasteiger partial charge < -0.3 is 10.2 Å². The molecule has 1 aliphatic rings. The van der Waals surface area contributed by atoms with Gasteiger partial charge in [-0.2, -0.15) is 0 Å². The molecule has 0 bridgehead atoms. The van der Waals surface area contributed by atoms with Crippen LogP contribution in [0.1, 0.15) is 40.0 Å². The van der Waals surface area contributed by atoms with Crippen molar-refractivity contribution < 1.29 is 4.79 Å². The van der Waals surface area contributed by atoms with Crippen LogP contribution in [-0.2, 0) is 4.79 Å². The Bertz CT molecular complexity index is 190. The van der Waals surface area contributed by atoms with E-state index in [1.54, 1.807) is 0 Å². The summed E-state index contributed by atoms with van der Waals surface area (Å²) < 4.78 is 0. The van der Waals surface area contributed by atoms with Crippen molar-refractivity contribution in [1.29, 1.82) is 0 Å². The van der Waals surface area contributed by atoms with Crippen molar-refractivity contribution in [2.75, 3.05) is 13.1 Å². The predicted molar refractivity (Wildman–Crippen MR) is 58.2 cm³/mol. The second-order valence-electron chi connectivity index (χ2n) is 4.09. The number of nitrogens with one attached hydrogen (secondary N) is 1. The number of nitrogens with zero attached hydrogens (tertiary/aromatic N) is 1. The number of hydrogen-bond donors (Lipinski definition) is 1. The zero-order valence-corrected chi connectivity index (χ0v) is 9.55. The third kappa shape index (κ3) is 3.29. The van der Waals surface area contributed by atoms with Gasteiger partial charge in [-0.25, -0.2) is 0 Å². The molecule has 3 nitrogen and oxygen atoms in total. The lowest BCUT2D eigenvalue weighted by molar-refractivity contribution is -0.132. The zero-order valence-electron chi connectivity index (χ0n) is 9.55. The maximum atomic E-state index is 11.8. The number of amides is 1. The number of hydrogen-bond acceptors (Lipinski definition) is 2. The average Bonchev–Trinajstić information content (AvgIpc) is 2.99. The van der Waals surface area contributed by atoms with Crippen molar-refractivity contribution in [3.8, 4) is 0 Å². The number of carbonyl (C=O) groups is 1. The Kier molecular flexibility index (Phi) is 4.39. The third-order valence-corrected chi connectivity index (χ3v) is 2.90. The minimum Gasteiger partial charge on any atom is -0.339 e. The molecule has 3 heteroatoms. The Balaban J connectivity index is 2.29. The summed E-state index contributed by atoms with van der Waals surface area (Å²) in [6.07, 6.45) is 3.51. The van der Waals surface area contributed by atoms with E-state index in [1.807, 2.05) is 11.8 Å². The fourth-order valence-electron chi connectivity index (χ4n) is 1.57. The molecule has 1 rings (SSSR count). The van der Waals surface area contributed by atoms with Crippen LogP contribution in [0.15, 0.2) is 0 Å². The summed E-state index contributed by atoms with van der Waals surface area (Å²) in [6.45, 7) is 7.61. The van der Waals surface area contributed by atoms with Gasteiger partial charge in [0.05, 0.1) is 6.54 Å². The Labute approximate surface area is 86.9 Å². The van der Waals surface area contributed by atoms with Crippen LogP contribution < -0.4 is 5.32 Å². The van der Waals surface area contributed by atoms with Gasteiger partial charge in [0.1, 0.15) is 0 Å². The maximum Gasteiger partial charge on any atom is 0.236 e. The Morgan fingerprint density at radius 3 is 2.57 bits per heavy atom. The standard InChI is InChI=1S/C11H22N2O/c1-4-9(3)13(5-2)11(14)8-12-10-6-7-10/h9-10,12H,4-8H2,1-3H3. The largest absolute Gasteiger partial charge is 0.339 e. The summed E-state index contributed by atoms with van der Waals surface area (Å²) >= 11 is 0. The van der Waals surface area contributed by atoms with Crippen molar-refractivity contribution >= 4 is 5.91 Å². The molecule has 1 N–H and O–H groups in total. The monoisotopic (exact) mass is 198 g/mol. The molecule has 1 aliphatic carbocycles. The van der Waals surface area contributed by atoms with Gasteiger partial charge in [-0.15, -0.1) is 0 Å². The Morgan fingerprint density at radius 1 is 1.50 bits per heavy atom. The molecule has 1 fully saturated rings. The van der Waals surface area contributed by atoms with E-state index in [4.69, 9.17) is 0 Å². The van der Waals surface area contributed by atoms with E-state index in [0.29, 0.717) is 18.6 Å². The average molecular weight is 198 g/mol. The van der Waals surface area contributed by atoms with E-state index < -0.39 is 0 Å². The topological polar surface area (TPSA) is 32.3 Å². The van der Waals surface area contributed by atoms with Crippen LogP contribution in [0.2, 0.25) is 0 Å². The first-order valence-electron chi connectivity index (χ1n) is 5.71. The molecular weight excluding hydrogens is 176 g/mol. The molecule has 0 aliphatic heterocycles. The smallest absolute Gasteiger partial charge is 0.236 e. The van der Waals surface area contributed by atoms with E-state index in [0.717, 1.165) is 13.0 Å². The normalized spacial score (nSPS) is 17.9. The molecule has 1 atom stereocenters. The van der Waals surface area contributed by atoms with Crippen LogP contribution in [0, 0.1) is 0 Å². The van der Waals surface area contributed by atoms with Crippen LogP contribution in [-0.4, -0.2) is 36.0 Å². The van der Waals surface area contributed by atoms with Crippen molar-refractivity contribution in [3.63, 3.8) is 0 Å². The van der Waals surface area contributed by atoms with Crippen LogP contribution in [0.3, 0.4) is 0 Å². The van der Waals surface area contributed by atoms with Gasteiger partial charge in [-0.05, 0) is 33.1 Å². The van der Waals surface area contributed by atoms with Crippen molar-refractivity contribution in [2.45, 2.75) is 52.1 Å². The predicted octanol–water partition coefficient (Wildman–Crippen LogP) is 1.39. The molecule has 0 heterocycles. The SMILES string of the molecule is CCC(C)N(CC)C(=O)CNC1CC1. The maximum absolute atomic E-state index is 11.8. The molecule has 0 spiro atoms. The van der Waals surface area contributed by atoms with Crippen LogP contribution in [0.4, 0.5) is 0 Å². The number of carbonyl (C=O) groups excluding carboxylic acids is 1. The second kappa shape index (κ2) is 5.35. The van der Waals surface area contributed by atoms with E-state index in [-0.39, 0.29) is 5.91 Å². The molecule has 0 aromatic heterocycles. The van der Waals surface area contributed by atoms with Crippen LogP contribution >= 0.6 is 0 Å². The van der Waals surface area contributed by atoms with Gasteiger partial charge in [0.25, 0.3) is 0 Å². The summed E-state index contributed by atoms with van der Waals surface area (Å²) in [5.41, 5.74) is 0. The van der Waals surface area contributed by atoms with E-state index in [9.17, 15) is 4.79 Å². The quantitative estimate of drug-likeness (QED) is 0.699.